The van der Waals surface area contributed by atoms with Gasteiger partial charge in [-0.1, -0.05) is 41.9 Å². The van der Waals surface area contributed by atoms with Crippen molar-refractivity contribution in [1.29, 1.82) is 0 Å². The van der Waals surface area contributed by atoms with E-state index in [2.05, 4.69) is 5.32 Å². The van der Waals surface area contributed by atoms with Crippen LogP contribution in [0.25, 0.3) is 6.08 Å². The van der Waals surface area contributed by atoms with Crippen LogP contribution in [0.1, 0.15) is 12.5 Å². The van der Waals surface area contributed by atoms with Gasteiger partial charge in [-0.3, -0.25) is 4.79 Å². The summed E-state index contributed by atoms with van der Waals surface area (Å²) in [4.78, 5) is 23.7. The highest BCUT2D eigenvalue weighted by atomic mass is 35.5. The van der Waals surface area contributed by atoms with Crippen LogP contribution in [0.5, 0.6) is 0 Å². The number of amides is 1. The van der Waals surface area contributed by atoms with E-state index in [-0.39, 0.29) is 5.91 Å². The van der Waals surface area contributed by atoms with Crippen LogP contribution in [-0.4, -0.2) is 18.0 Å². The lowest BCUT2D eigenvalue weighted by molar-refractivity contribution is -0.148. The summed E-state index contributed by atoms with van der Waals surface area (Å²) >= 11 is 5.78. The molecule has 0 aliphatic carbocycles. The quantitative estimate of drug-likeness (QED) is 0.668. The Morgan fingerprint density at radius 3 is 2.39 bits per heavy atom. The molecule has 0 radical (unpaired) electrons. The molecule has 5 heteroatoms. The van der Waals surface area contributed by atoms with Crippen molar-refractivity contribution in [2.75, 3.05) is 5.32 Å². The molecule has 2 aromatic carbocycles. The van der Waals surface area contributed by atoms with E-state index >= 15 is 0 Å². The van der Waals surface area contributed by atoms with Crippen LogP contribution in [-0.2, 0) is 14.3 Å². The third kappa shape index (κ3) is 5.60. The lowest BCUT2D eigenvalue weighted by Gasteiger charge is -2.12. The Kier molecular flexibility index (Phi) is 5.94. The molecule has 118 valence electrons. The fraction of sp³-hybridized carbons (Fsp3) is 0.111. The van der Waals surface area contributed by atoms with Crippen LogP contribution < -0.4 is 5.32 Å². The van der Waals surface area contributed by atoms with E-state index in [1.807, 2.05) is 6.07 Å². The minimum absolute atomic E-state index is 0.385. The molecule has 4 nitrogen and oxygen atoms in total. The second kappa shape index (κ2) is 8.15. The number of carbonyl (C=O) groups is 2. The van der Waals surface area contributed by atoms with Crippen LogP contribution >= 0.6 is 11.6 Å². The van der Waals surface area contributed by atoms with E-state index < -0.39 is 12.1 Å². The summed E-state index contributed by atoms with van der Waals surface area (Å²) in [5.41, 5.74) is 1.46. The second-order valence-corrected chi connectivity index (χ2v) is 5.26. The normalized spacial score (nSPS) is 11.9. The summed E-state index contributed by atoms with van der Waals surface area (Å²) in [6.45, 7) is 1.52. The van der Waals surface area contributed by atoms with Crippen LogP contribution in [0.3, 0.4) is 0 Å². The number of carbonyl (C=O) groups excluding carboxylic acids is 2. The van der Waals surface area contributed by atoms with Gasteiger partial charge in [-0.25, -0.2) is 4.79 Å². The molecule has 0 bridgehead atoms. The Bertz CT molecular complexity index is 696. The predicted octanol–water partition coefficient (Wildman–Crippen LogP) is 3.92. The monoisotopic (exact) mass is 329 g/mol. The molecular weight excluding hydrogens is 314 g/mol. The zero-order chi connectivity index (χ0) is 16.7. The van der Waals surface area contributed by atoms with Crippen LogP contribution in [0.15, 0.2) is 60.7 Å². The van der Waals surface area contributed by atoms with Crippen LogP contribution in [0.4, 0.5) is 5.69 Å². The Labute approximate surface area is 139 Å². The van der Waals surface area contributed by atoms with Crippen molar-refractivity contribution >= 4 is 35.2 Å². The number of esters is 1. The molecule has 1 N–H and O–H groups in total. The van der Waals surface area contributed by atoms with Crippen molar-refractivity contribution in [1.82, 2.24) is 0 Å². The van der Waals surface area contributed by atoms with Gasteiger partial charge in [0.1, 0.15) is 0 Å². The van der Waals surface area contributed by atoms with E-state index in [1.54, 1.807) is 54.6 Å². The van der Waals surface area contributed by atoms with Gasteiger partial charge in [-0.15, -0.1) is 0 Å². The molecule has 0 saturated heterocycles. The molecule has 1 unspecified atom stereocenters. The smallest absolute Gasteiger partial charge is 0.331 e. The fourth-order valence-corrected chi connectivity index (χ4v) is 1.90. The van der Waals surface area contributed by atoms with E-state index in [1.165, 1.54) is 13.0 Å². The van der Waals surface area contributed by atoms with Gasteiger partial charge in [-0.2, -0.15) is 0 Å². The summed E-state index contributed by atoms with van der Waals surface area (Å²) in [5.74, 6) is -0.972. The number of anilines is 1. The Morgan fingerprint density at radius 2 is 1.74 bits per heavy atom. The summed E-state index contributed by atoms with van der Waals surface area (Å²) in [6, 6.07) is 16.0. The third-order valence-electron chi connectivity index (χ3n) is 2.99. The molecule has 0 aromatic heterocycles. The number of hydrogen-bond acceptors (Lipinski definition) is 3. The highest BCUT2D eigenvalue weighted by molar-refractivity contribution is 6.30. The number of nitrogens with one attached hydrogen (secondary N) is 1. The topological polar surface area (TPSA) is 55.4 Å². The Balaban J connectivity index is 1.86. The highest BCUT2D eigenvalue weighted by Crippen LogP contribution is 2.11. The molecule has 0 heterocycles. The van der Waals surface area contributed by atoms with Gasteiger partial charge in [0.25, 0.3) is 5.91 Å². The maximum absolute atomic E-state index is 11.9. The van der Waals surface area contributed by atoms with Crippen molar-refractivity contribution in [3.63, 3.8) is 0 Å². The maximum Gasteiger partial charge on any atom is 0.331 e. The van der Waals surface area contributed by atoms with Crippen LogP contribution in [0, 0.1) is 0 Å². The summed E-state index contributed by atoms with van der Waals surface area (Å²) < 4.78 is 5.07. The molecule has 1 amide bonds. The van der Waals surface area contributed by atoms with E-state index in [4.69, 9.17) is 16.3 Å². The second-order valence-electron chi connectivity index (χ2n) is 4.82. The van der Waals surface area contributed by atoms with E-state index in [0.717, 1.165) is 5.56 Å². The molecule has 2 rings (SSSR count). The van der Waals surface area contributed by atoms with Gasteiger partial charge < -0.3 is 10.1 Å². The number of rotatable bonds is 5. The molecule has 1 atom stereocenters. The van der Waals surface area contributed by atoms with Crippen molar-refractivity contribution < 1.29 is 14.3 Å². The Morgan fingerprint density at radius 1 is 1.09 bits per heavy atom. The standard InChI is InChI=1S/C18H16ClNO3/c1-13(18(22)20-16-5-3-2-4-6-16)23-17(21)12-9-14-7-10-15(19)11-8-14/h2-13H,1H3,(H,20,22). The first-order valence-corrected chi connectivity index (χ1v) is 7.42. The average molecular weight is 330 g/mol. The number of halogens is 1. The maximum atomic E-state index is 11.9. The largest absolute Gasteiger partial charge is 0.449 e. The lowest BCUT2D eigenvalue weighted by Crippen LogP contribution is -2.29. The molecule has 0 spiro atoms. The van der Waals surface area contributed by atoms with Crippen molar-refractivity contribution in [2.24, 2.45) is 0 Å². The van der Waals surface area contributed by atoms with Gasteiger partial charge in [0.05, 0.1) is 0 Å². The average Bonchev–Trinajstić information content (AvgIpc) is 2.55. The van der Waals surface area contributed by atoms with Crippen molar-refractivity contribution in [3.05, 3.63) is 71.3 Å². The molecule has 0 fully saturated rings. The van der Waals surface area contributed by atoms with Crippen LogP contribution in [0.2, 0.25) is 5.02 Å². The molecular formula is C18H16ClNO3. The van der Waals surface area contributed by atoms with E-state index in [0.29, 0.717) is 10.7 Å². The SMILES string of the molecule is CC(OC(=O)C=Cc1ccc(Cl)cc1)C(=O)Nc1ccccc1. The molecule has 23 heavy (non-hydrogen) atoms. The number of benzene rings is 2. The Hall–Kier alpha value is -2.59. The van der Waals surface area contributed by atoms with Gasteiger partial charge in [0.15, 0.2) is 6.10 Å². The first-order chi connectivity index (χ1) is 11.0. The van der Waals surface area contributed by atoms with Crippen molar-refractivity contribution in [2.45, 2.75) is 13.0 Å². The summed E-state index contributed by atoms with van der Waals surface area (Å²) in [7, 11) is 0. The zero-order valence-electron chi connectivity index (χ0n) is 12.5. The summed E-state index contributed by atoms with van der Waals surface area (Å²) in [5, 5.41) is 3.29. The summed E-state index contributed by atoms with van der Waals surface area (Å²) in [6.07, 6.45) is 1.98. The van der Waals surface area contributed by atoms with Gasteiger partial charge in [0, 0.05) is 16.8 Å². The molecule has 2 aromatic rings. The highest BCUT2D eigenvalue weighted by Gasteiger charge is 2.16. The fourth-order valence-electron chi connectivity index (χ4n) is 1.77. The predicted molar refractivity (Wildman–Crippen MR) is 91.1 cm³/mol. The van der Waals surface area contributed by atoms with E-state index in [9.17, 15) is 9.59 Å². The molecule has 0 saturated carbocycles. The third-order valence-corrected chi connectivity index (χ3v) is 3.24. The van der Waals surface area contributed by atoms with Gasteiger partial charge in [0.2, 0.25) is 0 Å². The van der Waals surface area contributed by atoms with Crippen molar-refractivity contribution in [3.8, 4) is 0 Å². The number of para-hydroxylation sites is 1. The minimum atomic E-state index is -0.891. The lowest BCUT2D eigenvalue weighted by atomic mass is 10.2. The first kappa shape index (κ1) is 16.8. The zero-order valence-corrected chi connectivity index (χ0v) is 13.3. The molecule has 0 aliphatic rings. The number of ether oxygens (including phenoxy) is 1. The molecule has 0 aliphatic heterocycles. The first-order valence-electron chi connectivity index (χ1n) is 7.05. The van der Waals surface area contributed by atoms with Gasteiger partial charge in [-0.05, 0) is 42.8 Å². The van der Waals surface area contributed by atoms with Gasteiger partial charge >= 0.3 is 5.97 Å². The minimum Gasteiger partial charge on any atom is -0.449 e. The number of hydrogen-bond donors (Lipinski definition) is 1.